The Morgan fingerprint density at radius 2 is 2.67 bits per heavy atom. The van der Waals surface area contributed by atoms with Crippen LogP contribution in [0.5, 0.6) is 0 Å². The van der Waals surface area contributed by atoms with Gasteiger partial charge in [-0.25, -0.2) is 9.78 Å². The minimum atomic E-state index is -0.491. The topological polar surface area (TPSA) is 88.0 Å². The van der Waals surface area contributed by atoms with E-state index >= 15 is 0 Å². The van der Waals surface area contributed by atoms with E-state index in [-0.39, 0.29) is 12.2 Å². The monoisotopic (exact) mass is 222 g/mol. The standard InChI is InChI=1S/C8H6N4O2S/c1-14-8(13)6-5-15-7(11-6)3-2-4-10-12-9/h5H,4H2,1H3. The smallest absolute Gasteiger partial charge is 0.357 e. The molecule has 0 saturated carbocycles. The van der Waals surface area contributed by atoms with Crippen LogP contribution in [0.1, 0.15) is 15.5 Å². The van der Waals surface area contributed by atoms with Crippen molar-refractivity contribution in [2.24, 2.45) is 5.11 Å². The van der Waals surface area contributed by atoms with Crippen molar-refractivity contribution in [2.45, 2.75) is 0 Å². The van der Waals surface area contributed by atoms with Gasteiger partial charge in [0.1, 0.15) is 0 Å². The Hall–Kier alpha value is -2.03. The van der Waals surface area contributed by atoms with Crippen LogP contribution in [0.2, 0.25) is 0 Å². The van der Waals surface area contributed by atoms with Crippen LogP contribution in [0.15, 0.2) is 10.5 Å². The summed E-state index contributed by atoms with van der Waals surface area (Å²) in [5, 5.41) is 5.29. The molecule has 0 aliphatic carbocycles. The Balaban J connectivity index is 2.70. The first-order valence-electron chi connectivity index (χ1n) is 3.81. The van der Waals surface area contributed by atoms with E-state index in [2.05, 4.69) is 31.6 Å². The normalized spacial score (nSPS) is 8.33. The molecule has 6 nitrogen and oxygen atoms in total. The fourth-order valence-corrected chi connectivity index (χ4v) is 1.37. The van der Waals surface area contributed by atoms with E-state index < -0.39 is 5.97 Å². The van der Waals surface area contributed by atoms with E-state index in [9.17, 15) is 4.79 Å². The van der Waals surface area contributed by atoms with Crippen LogP contribution in [0.3, 0.4) is 0 Å². The lowest BCUT2D eigenvalue weighted by Crippen LogP contribution is -2.00. The highest BCUT2D eigenvalue weighted by atomic mass is 32.1. The van der Waals surface area contributed by atoms with Gasteiger partial charge in [0.25, 0.3) is 0 Å². The maximum atomic E-state index is 11.0. The van der Waals surface area contributed by atoms with Crippen LogP contribution < -0.4 is 0 Å². The second kappa shape index (κ2) is 5.65. The maximum absolute atomic E-state index is 11.0. The Morgan fingerprint density at radius 3 is 3.33 bits per heavy atom. The second-order valence-electron chi connectivity index (χ2n) is 2.22. The zero-order chi connectivity index (χ0) is 11.1. The van der Waals surface area contributed by atoms with Gasteiger partial charge in [-0.05, 0) is 11.5 Å². The average Bonchev–Trinajstić information content (AvgIpc) is 2.72. The first-order chi connectivity index (χ1) is 7.27. The van der Waals surface area contributed by atoms with Gasteiger partial charge < -0.3 is 4.74 Å². The van der Waals surface area contributed by atoms with E-state index in [1.165, 1.54) is 18.4 Å². The van der Waals surface area contributed by atoms with Gasteiger partial charge in [-0.3, -0.25) is 0 Å². The van der Waals surface area contributed by atoms with Crippen LogP contribution in [0, 0.1) is 11.8 Å². The molecule has 0 fully saturated rings. The van der Waals surface area contributed by atoms with Gasteiger partial charge in [-0.1, -0.05) is 11.0 Å². The summed E-state index contributed by atoms with van der Waals surface area (Å²) in [6.45, 7) is 0.0869. The molecule has 0 aromatic carbocycles. The molecule has 1 aromatic heterocycles. The Bertz CT molecular complexity index is 464. The molecule has 0 N–H and O–H groups in total. The summed E-state index contributed by atoms with van der Waals surface area (Å²) in [6.07, 6.45) is 0. The lowest BCUT2D eigenvalue weighted by atomic mass is 10.5. The van der Waals surface area contributed by atoms with Crippen LogP contribution in [-0.2, 0) is 4.74 Å². The quantitative estimate of drug-likeness (QED) is 0.250. The van der Waals surface area contributed by atoms with Crippen molar-refractivity contribution in [2.75, 3.05) is 13.7 Å². The molecule has 0 aliphatic heterocycles. The first kappa shape index (κ1) is 11.0. The number of ether oxygens (including phenoxy) is 1. The average molecular weight is 222 g/mol. The zero-order valence-corrected chi connectivity index (χ0v) is 8.61. The third-order valence-corrected chi connectivity index (χ3v) is 2.06. The molecule has 76 valence electrons. The molecule has 15 heavy (non-hydrogen) atoms. The van der Waals surface area contributed by atoms with E-state index in [1.807, 2.05) is 0 Å². The number of nitrogens with zero attached hydrogens (tertiary/aromatic N) is 4. The molecule has 0 aliphatic rings. The van der Waals surface area contributed by atoms with Crippen molar-refractivity contribution in [3.05, 3.63) is 26.5 Å². The van der Waals surface area contributed by atoms with Gasteiger partial charge in [0.2, 0.25) is 0 Å². The summed E-state index contributed by atoms with van der Waals surface area (Å²) in [5.74, 6) is 4.77. The van der Waals surface area contributed by atoms with Crippen LogP contribution in [-0.4, -0.2) is 24.6 Å². The molecule has 0 spiro atoms. The Morgan fingerprint density at radius 1 is 1.87 bits per heavy atom. The SMILES string of the molecule is COC(=O)c1csc(C#CCN=[N+]=[N-])n1. The van der Waals surface area contributed by atoms with Crippen LogP contribution in [0.4, 0.5) is 0 Å². The molecule has 1 heterocycles. The Labute approximate surface area is 89.5 Å². The first-order valence-corrected chi connectivity index (χ1v) is 4.69. The summed E-state index contributed by atoms with van der Waals surface area (Å²) in [6, 6.07) is 0. The molecule has 0 atom stereocenters. The summed E-state index contributed by atoms with van der Waals surface area (Å²) in [7, 11) is 1.29. The number of esters is 1. The van der Waals surface area contributed by atoms with E-state index in [1.54, 1.807) is 5.38 Å². The molecule has 0 saturated heterocycles. The minimum Gasteiger partial charge on any atom is -0.464 e. The number of carbonyl (C=O) groups excluding carboxylic acids is 1. The number of methoxy groups -OCH3 is 1. The summed E-state index contributed by atoms with van der Waals surface area (Å²) in [4.78, 5) is 17.5. The molecule has 0 radical (unpaired) electrons. The highest BCUT2D eigenvalue weighted by Crippen LogP contribution is 2.08. The van der Waals surface area contributed by atoms with Crippen molar-refractivity contribution in [3.63, 3.8) is 0 Å². The number of carbonyl (C=O) groups is 1. The number of rotatable bonds is 2. The highest BCUT2D eigenvalue weighted by molar-refractivity contribution is 7.10. The van der Waals surface area contributed by atoms with Gasteiger partial charge in [-0.2, -0.15) is 0 Å². The van der Waals surface area contributed by atoms with Gasteiger partial charge in [-0.15, -0.1) is 11.3 Å². The van der Waals surface area contributed by atoms with E-state index in [0.717, 1.165) is 0 Å². The zero-order valence-electron chi connectivity index (χ0n) is 7.80. The number of hydrogen-bond donors (Lipinski definition) is 0. The van der Waals surface area contributed by atoms with E-state index in [0.29, 0.717) is 5.01 Å². The van der Waals surface area contributed by atoms with Crippen molar-refractivity contribution in [3.8, 4) is 11.8 Å². The fourth-order valence-electron chi connectivity index (χ4n) is 0.712. The number of hydrogen-bond acceptors (Lipinski definition) is 5. The third kappa shape index (κ3) is 3.31. The summed E-state index contributed by atoms with van der Waals surface area (Å²) >= 11 is 1.23. The van der Waals surface area contributed by atoms with Gasteiger partial charge in [0.05, 0.1) is 13.7 Å². The molecule has 0 bridgehead atoms. The van der Waals surface area contributed by atoms with Crippen molar-refractivity contribution in [1.29, 1.82) is 0 Å². The Kier molecular flexibility index (Phi) is 4.16. The minimum absolute atomic E-state index is 0.0869. The van der Waals surface area contributed by atoms with Crippen molar-refractivity contribution >= 4 is 17.3 Å². The van der Waals surface area contributed by atoms with Crippen molar-refractivity contribution < 1.29 is 9.53 Å². The number of azide groups is 1. The lowest BCUT2D eigenvalue weighted by Gasteiger charge is -1.89. The van der Waals surface area contributed by atoms with Crippen LogP contribution in [0.25, 0.3) is 10.4 Å². The van der Waals surface area contributed by atoms with Gasteiger partial charge in [0.15, 0.2) is 10.7 Å². The largest absolute Gasteiger partial charge is 0.464 e. The van der Waals surface area contributed by atoms with Crippen molar-refractivity contribution in [1.82, 2.24) is 4.98 Å². The number of thiazole rings is 1. The van der Waals surface area contributed by atoms with Crippen LogP contribution >= 0.6 is 11.3 Å². The van der Waals surface area contributed by atoms with Gasteiger partial charge >= 0.3 is 5.97 Å². The predicted octanol–water partition coefficient (Wildman–Crippen LogP) is 1.59. The fraction of sp³-hybridized carbons (Fsp3) is 0.250. The molecule has 1 rings (SSSR count). The predicted molar refractivity (Wildman–Crippen MR) is 54.3 cm³/mol. The summed E-state index contributed by atoms with van der Waals surface area (Å²) < 4.78 is 4.48. The highest BCUT2D eigenvalue weighted by Gasteiger charge is 2.08. The molecule has 1 aromatic rings. The summed E-state index contributed by atoms with van der Waals surface area (Å²) in [5.41, 5.74) is 8.22. The van der Waals surface area contributed by atoms with Gasteiger partial charge in [0, 0.05) is 10.3 Å². The maximum Gasteiger partial charge on any atom is 0.357 e. The second-order valence-corrected chi connectivity index (χ2v) is 3.08. The molecule has 7 heteroatoms. The van der Waals surface area contributed by atoms with E-state index in [4.69, 9.17) is 5.53 Å². The third-order valence-electron chi connectivity index (χ3n) is 1.31. The molecular formula is C8H6N4O2S. The lowest BCUT2D eigenvalue weighted by molar-refractivity contribution is 0.0595. The molecular weight excluding hydrogens is 216 g/mol. The molecule has 0 amide bonds. The number of aromatic nitrogens is 1. The molecule has 0 unspecified atom stereocenters.